The number of likely N-dealkylation sites (tertiary alicyclic amines) is 1. The molecule has 0 spiro atoms. The van der Waals surface area contributed by atoms with E-state index in [0.29, 0.717) is 12.3 Å². The van der Waals surface area contributed by atoms with E-state index in [1.54, 1.807) is 0 Å². The van der Waals surface area contributed by atoms with Gasteiger partial charge in [-0.3, -0.25) is 9.59 Å². The Morgan fingerprint density at radius 2 is 1.96 bits per heavy atom. The fourth-order valence-corrected chi connectivity index (χ4v) is 3.64. The van der Waals surface area contributed by atoms with Gasteiger partial charge in [0.25, 0.3) is 0 Å². The Labute approximate surface area is 140 Å². The maximum atomic E-state index is 12.4. The van der Waals surface area contributed by atoms with Gasteiger partial charge in [-0.1, -0.05) is 13.3 Å². The van der Waals surface area contributed by atoms with Crippen LogP contribution < -0.4 is 5.32 Å². The van der Waals surface area contributed by atoms with Gasteiger partial charge in [0.1, 0.15) is 0 Å². The average molecular weight is 323 g/mol. The number of piperidine rings is 1. The third kappa shape index (κ3) is 5.48. The highest BCUT2D eigenvalue weighted by Crippen LogP contribution is 2.21. The van der Waals surface area contributed by atoms with Gasteiger partial charge < -0.3 is 15.1 Å². The second-order valence-corrected chi connectivity index (χ2v) is 7.17. The minimum absolute atomic E-state index is 0.111. The van der Waals surface area contributed by atoms with Crippen LogP contribution in [-0.2, 0) is 9.59 Å². The topological polar surface area (TPSA) is 52.7 Å². The largest absolute Gasteiger partial charge is 0.346 e. The summed E-state index contributed by atoms with van der Waals surface area (Å²) in [6, 6.07) is 0. The zero-order chi connectivity index (χ0) is 16.7. The van der Waals surface area contributed by atoms with Crippen LogP contribution in [0.3, 0.4) is 0 Å². The number of carbonyl (C=O) groups excluding carboxylic acids is 2. The predicted molar refractivity (Wildman–Crippen MR) is 92.1 cm³/mol. The lowest BCUT2D eigenvalue weighted by Crippen LogP contribution is -2.43. The molecule has 1 N–H and O–H groups in total. The standard InChI is InChI=1S/C18H33N3O2/c1-3-4-11-20(2)18(23)16-8-12-21(13-9-16)17(22)6-5-15-7-10-19-14-15/h15-16,19H,3-14H2,1-2H3. The van der Waals surface area contributed by atoms with E-state index >= 15 is 0 Å². The van der Waals surface area contributed by atoms with E-state index in [4.69, 9.17) is 0 Å². The van der Waals surface area contributed by atoms with Crippen LogP contribution in [0.2, 0.25) is 0 Å². The van der Waals surface area contributed by atoms with Crippen LogP contribution >= 0.6 is 0 Å². The van der Waals surface area contributed by atoms with Gasteiger partial charge >= 0.3 is 0 Å². The predicted octanol–water partition coefficient (Wildman–Crippen LogP) is 1.87. The van der Waals surface area contributed by atoms with Crippen molar-refractivity contribution in [3.63, 3.8) is 0 Å². The summed E-state index contributed by atoms with van der Waals surface area (Å²) in [4.78, 5) is 28.6. The van der Waals surface area contributed by atoms with Crippen LogP contribution in [0.5, 0.6) is 0 Å². The molecule has 2 saturated heterocycles. The van der Waals surface area contributed by atoms with Crippen molar-refractivity contribution in [2.75, 3.05) is 39.8 Å². The quantitative estimate of drug-likeness (QED) is 0.778. The molecule has 2 aliphatic rings. The van der Waals surface area contributed by atoms with Crippen LogP contribution in [0, 0.1) is 11.8 Å². The number of nitrogens with one attached hydrogen (secondary N) is 1. The lowest BCUT2D eigenvalue weighted by molar-refractivity contribution is -0.140. The first-order valence-electron chi connectivity index (χ1n) is 9.35. The molecule has 23 heavy (non-hydrogen) atoms. The lowest BCUT2D eigenvalue weighted by atomic mass is 9.94. The third-order valence-corrected chi connectivity index (χ3v) is 5.35. The Kier molecular flexibility index (Phi) is 7.34. The summed E-state index contributed by atoms with van der Waals surface area (Å²) in [6.45, 7) is 6.65. The first-order valence-corrected chi connectivity index (χ1v) is 9.35. The van der Waals surface area contributed by atoms with E-state index < -0.39 is 0 Å². The molecule has 2 aliphatic heterocycles. The van der Waals surface area contributed by atoms with Gasteiger partial charge in [-0.2, -0.15) is 0 Å². The maximum absolute atomic E-state index is 12.4. The summed E-state index contributed by atoms with van der Waals surface area (Å²) in [7, 11) is 1.91. The first kappa shape index (κ1) is 18.2. The molecule has 0 aromatic rings. The molecule has 2 rings (SSSR count). The molecule has 2 amide bonds. The van der Waals surface area contributed by atoms with Gasteiger partial charge in [-0.05, 0) is 51.1 Å². The Balaban J connectivity index is 1.68. The Morgan fingerprint density at radius 1 is 1.22 bits per heavy atom. The van der Waals surface area contributed by atoms with Gasteiger partial charge in [0, 0.05) is 39.0 Å². The maximum Gasteiger partial charge on any atom is 0.225 e. The second kappa shape index (κ2) is 9.26. The molecule has 0 bridgehead atoms. The molecule has 0 saturated carbocycles. The highest BCUT2D eigenvalue weighted by Gasteiger charge is 2.29. The first-order chi connectivity index (χ1) is 11.1. The van der Waals surface area contributed by atoms with Crippen LogP contribution in [0.15, 0.2) is 0 Å². The molecule has 0 aliphatic carbocycles. The Hall–Kier alpha value is -1.10. The molecule has 5 nitrogen and oxygen atoms in total. The van der Waals surface area contributed by atoms with Gasteiger partial charge in [0.15, 0.2) is 0 Å². The smallest absolute Gasteiger partial charge is 0.225 e. The van der Waals surface area contributed by atoms with Crippen molar-refractivity contribution >= 4 is 11.8 Å². The summed E-state index contributed by atoms with van der Waals surface area (Å²) in [6.07, 6.45) is 6.70. The number of nitrogens with zero attached hydrogens (tertiary/aromatic N) is 2. The highest BCUT2D eigenvalue weighted by molar-refractivity contribution is 5.80. The monoisotopic (exact) mass is 323 g/mol. The van der Waals surface area contributed by atoms with Crippen LogP contribution in [0.25, 0.3) is 0 Å². The van der Waals surface area contributed by atoms with Crippen LogP contribution in [-0.4, -0.2) is 61.4 Å². The fourth-order valence-electron chi connectivity index (χ4n) is 3.64. The molecule has 5 heteroatoms. The molecule has 0 radical (unpaired) electrons. The SMILES string of the molecule is CCCCN(C)C(=O)C1CCN(C(=O)CCC2CCNC2)CC1. The van der Waals surface area contributed by atoms with E-state index in [1.807, 2.05) is 16.8 Å². The van der Waals surface area contributed by atoms with E-state index in [9.17, 15) is 9.59 Å². The molecule has 1 unspecified atom stereocenters. The van der Waals surface area contributed by atoms with Crippen molar-refractivity contribution in [1.29, 1.82) is 0 Å². The minimum atomic E-state index is 0.111. The van der Waals surface area contributed by atoms with Crippen LogP contribution in [0.1, 0.15) is 51.9 Å². The summed E-state index contributed by atoms with van der Waals surface area (Å²) in [5.41, 5.74) is 0. The number of carbonyl (C=O) groups is 2. The lowest BCUT2D eigenvalue weighted by Gasteiger charge is -2.33. The van der Waals surface area contributed by atoms with Gasteiger partial charge in [-0.25, -0.2) is 0 Å². The normalized spacial score (nSPS) is 22.3. The number of rotatable bonds is 7. The van der Waals surface area contributed by atoms with Crippen molar-refractivity contribution in [3.8, 4) is 0 Å². The molecule has 2 heterocycles. The number of unbranched alkanes of at least 4 members (excludes halogenated alkanes) is 1. The summed E-state index contributed by atoms with van der Waals surface area (Å²) < 4.78 is 0. The molecule has 1 atom stereocenters. The molecule has 132 valence electrons. The number of hydrogen-bond donors (Lipinski definition) is 1. The Morgan fingerprint density at radius 3 is 2.57 bits per heavy atom. The summed E-state index contributed by atoms with van der Waals surface area (Å²) in [5, 5.41) is 3.35. The second-order valence-electron chi connectivity index (χ2n) is 7.17. The molecule has 0 aromatic heterocycles. The summed E-state index contributed by atoms with van der Waals surface area (Å²) in [5.74, 6) is 1.33. The van der Waals surface area contributed by atoms with Crippen molar-refractivity contribution in [2.45, 2.75) is 51.9 Å². The summed E-state index contributed by atoms with van der Waals surface area (Å²) >= 11 is 0. The molecular formula is C18H33N3O2. The fraction of sp³-hybridized carbons (Fsp3) is 0.889. The van der Waals surface area contributed by atoms with E-state index in [2.05, 4.69) is 12.2 Å². The molecule has 2 fully saturated rings. The number of amides is 2. The third-order valence-electron chi connectivity index (χ3n) is 5.35. The van der Waals surface area contributed by atoms with Crippen molar-refractivity contribution in [1.82, 2.24) is 15.1 Å². The van der Waals surface area contributed by atoms with Gasteiger partial charge in [-0.15, -0.1) is 0 Å². The van der Waals surface area contributed by atoms with E-state index in [-0.39, 0.29) is 17.7 Å². The number of hydrogen-bond acceptors (Lipinski definition) is 3. The van der Waals surface area contributed by atoms with E-state index in [1.165, 1.54) is 6.42 Å². The average Bonchev–Trinajstić information content (AvgIpc) is 3.10. The molecule has 0 aromatic carbocycles. The van der Waals surface area contributed by atoms with Crippen molar-refractivity contribution in [2.24, 2.45) is 11.8 Å². The van der Waals surface area contributed by atoms with Crippen molar-refractivity contribution in [3.05, 3.63) is 0 Å². The zero-order valence-corrected chi connectivity index (χ0v) is 14.9. The zero-order valence-electron chi connectivity index (χ0n) is 14.9. The minimum Gasteiger partial charge on any atom is -0.346 e. The van der Waals surface area contributed by atoms with Gasteiger partial charge in [0.05, 0.1) is 0 Å². The van der Waals surface area contributed by atoms with E-state index in [0.717, 1.165) is 64.8 Å². The molecular weight excluding hydrogens is 290 g/mol. The van der Waals surface area contributed by atoms with Crippen molar-refractivity contribution < 1.29 is 9.59 Å². The van der Waals surface area contributed by atoms with Crippen LogP contribution in [0.4, 0.5) is 0 Å². The Bertz CT molecular complexity index is 386. The highest BCUT2D eigenvalue weighted by atomic mass is 16.2. The van der Waals surface area contributed by atoms with Gasteiger partial charge in [0.2, 0.25) is 11.8 Å².